The number of fused-ring (bicyclic) bond motifs is 1. The monoisotopic (exact) mass is 401 g/mol. The van der Waals surface area contributed by atoms with Crippen LogP contribution in [-0.2, 0) is 11.2 Å². The molecular weight excluding hydrogens is 386 g/mol. The number of carbonyl (C=O) groups excluding carboxylic acids is 1. The van der Waals surface area contributed by atoms with Crippen LogP contribution in [0, 0.1) is 0 Å². The zero-order valence-corrected chi connectivity index (χ0v) is 15.8. The maximum atomic E-state index is 12.4. The summed E-state index contributed by atoms with van der Waals surface area (Å²) in [6.07, 6.45) is 2.67. The molecule has 4 rings (SSSR count). The highest BCUT2D eigenvalue weighted by Crippen LogP contribution is 2.38. The van der Waals surface area contributed by atoms with Gasteiger partial charge < -0.3 is 14.8 Å². The van der Waals surface area contributed by atoms with E-state index in [1.54, 1.807) is 18.3 Å². The van der Waals surface area contributed by atoms with Crippen LogP contribution in [0.4, 0.5) is 5.13 Å². The SMILES string of the molecule is O=C(Cc1cc(Cl)c2c(c1)OCCCO2)Nc1nc(-c2ccccn2)cs1. The lowest BCUT2D eigenvalue weighted by atomic mass is 10.1. The van der Waals surface area contributed by atoms with Crippen molar-refractivity contribution in [3.8, 4) is 22.9 Å². The van der Waals surface area contributed by atoms with E-state index in [2.05, 4.69) is 15.3 Å². The number of benzene rings is 1. The molecular formula is C19H16ClN3O3S. The number of nitrogens with one attached hydrogen (secondary N) is 1. The molecule has 0 aliphatic carbocycles. The molecule has 0 saturated heterocycles. The predicted octanol–water partition coefficient (Wildman–Crippen LogP) is 4.20. The number of halogens is 1. The molecule has 1 N–H and O–H groups in total. The van der Waals surface area contributed by atoms with Crippen LogP contribution in [-0.4, -0.2) is 29.1 Å². The summed E-state index contributed by atoms with van der Waals surface area (Å²) in [4.78, 5) is 21.1. The molecule has 3 heterocycles. The first-order valence-electron chi connectivity index (χ1n) is 8.44. The number of carbonyl (C=O) groups is 1. The Balaban J connectivity index is 1.45. The second-order valence-corrected chi connectivity index (χ2v) is 7.20. The van der Waals surface area contributed by atoms with E-state index < -0.39 is 0 Å². The molecule has 138 valence electrons. The van der Waals surface area contributed by atoms with Crippen molar-refractivity contribution in [3.05, 3.63) is 52.5 Å². The molecule has 1 amide bonds. The summed E-state index contributed by atoms with van der Waals surface area (Å²) in [5, 5.41) is 5.66. The van der Waals surface area contributed by atoms with E-state index in [0.29, 0.717) is 34.9 Å². The van der Waals surface area contributed by atoms with Gasteiger partial charge >= 0.3 is 0 Å². The summed E-state index contributed by atoms with van der Waals surface area (Å²) < 4.78 is 11.3. The molecule has 3 aromatic rings. The first-order chi connectivity index (χ1) is 13.2. The van der Waals surface area contributed by atoms with Gasteiger partial charge in [-0.1, -0.05) is 17.7 Å². The fourth-order valence-electron chi connectivity index (χ4n) is 2.70. The summed E-state index contributed by atoms with van der Waals surface area (Å²) in [6, 6.07) is 9.15. The highest BCUT2D eigenvalue weighted by Gasteiger charge is 2.17. The highest BCUT2D eigenvalue weighted by atomic mass is 35.5. The summed E-state index contributed by atoms with van der Waals surface area (Å²) in [6.45, 7) is 1.13. The van der Waals surface area contributed by atoms with Gasteiger partial charge in [-0.2, -0.15) is 0 Å². The molecule has 2 aromatic heterocycles. The van der Waals surface area contributed by atoms with E-state index >= 15 is 0 Å². The van der Waals surface area contributed by atoms with Crippen molar-refractivity contribution in [2.24, 2.45) is 0 Å². The van der Waals surface area contributed by atoms with Gasteiger partial charge in [-0.3, -0.25) is 9.78 Å². The molecule has 1 aliphatic rings. The molecule has 0 spiro atoms. The summed E-state index contributed by atoms with van der Waals surface area (Å²) in [5.41, 5.74) is 2.25. The maximum absolute atomic E-state index is 12.4. The normalized spacial score (nSPS) is 13.1. The van der Waals surface area contributed by atoms with Gasteiger partial charge in [-0.05, 0) is 29.8 Å². The number of amides is 1. The minimum atomic E-state index is -0.178. The van der Waals surface area contributed by atoms with Crippen LogP contribution < -0.4 is 14.8 Å². The van der Waals surface area contributed by atoms with Gasteiger partial charge in [0, 0.05) is 18.0 Å². The van der Waals surface area contributed by atoms with E-state index in [9.17, 15) is 4.79 Å². The Labute approximate surface area is 165 Å². The summed E-state index contributed by atoms with van der Waals surface area (Å²) >= 11 is 7.64. The van der Waals surface area contributed by atoms with Crippen molar-refractivity contribution in [1.82, 2.24) is 9.97 Å². The number of thiazole rings is 1. The zero-order chi connectivity index (χ0) is 18.6. The smallest absolute Gasteiger partial charge is 0.230 e. The fourth-order valence-corrected chi connectivity index (χ4v) is 3.71. The van der Waals surface area contributed by atoms with Gasteiger partial charge in [0.05, 0.1) is 30.4 Å². The molecule has 0 unspecified atom stereocenters. The topological polar surface area (TPSA) is 73.3 Å². The van der Waals surface area contributed by atoms with Gasteiger partial charge in [0.25, 0.3) is 0 Å². The molecule has 1 aliphatic heterocycles. The average Bonchev–Trinajstić information content (AvgIpc) is 2.98. The zero-order valence-electron chi connectivity index (χ0n) is 14.3. The molecule has 1 aromatic carbocycles. The number of hydrogen-bond acceptors (Lipinski definition) is 6. The molecule has 0 atom stereocenters. The minimum absolute atomic E-state index is 0.162. The van der Waals surface area contributed by atoms with Crippen LogP contribution in [0.15, 0.2) is 41.9 Å². The number of nitrogens with zero attached hydrogens (tertiary/aromatic N) is 2. The average molecular weight is 402 g/mol. The third-order valence-corrected chi connectivity index (χ3v) is 4.94. The van der Waals surface area contributed by atoms with E-state index in [-0.39, 0.29) is 12.3 Å². The maximum Gasteiger partial charge on any atom is 0.230 e. The predicted molar refractivity (Wildman–Crippen MR) is 105 cm³/mol. The first kappa shape index (κ1) is 17.8. The Bertz CT molecular complexity index is 962. The lowest BCUT2D eigenvalue weighted by Crippen LogP contribution is -2.14. The molecule has 8 heteroatoms. The summed E-state index contributed by atoms with van der Waals surface area (Å²) in [7, 11) is 0. The molecule has 0 fully saturated rings. The number of rotatable bonds is 4. The second kappa shape index (κ2) is 7.94. The Kier molecular flexibility index (Phi) is 5.22. The molecule has 0 radical (unpaired) electrons. The third kappa shape index (κ3) is 4.20. The molecule has 6 nitrogen and oxygen atoms in total. The van der Waals surface area contributed by atoms with Crippen molar-refractivity contribution in [2.75, 3.05) is 18.5 Å². The Morgan fingerprint density at radius 3 is 2.96 bits per heavy atom. The Morgan fingerprint density at radius 2 is 2.11 bits per heavy atom. The number of aromatic nitrogens is 2. The third-order valence-electron chi connectivity index (χ3n) is 3.90. The van der Waals surface area contributed by atoms with E-state index in [0.717, 1.165) is 23.4 Å². The van der Waals surface area contributed by atoms with Crippen LogP contribution in [0.5, 0.6) is 11.5 Å². The standard InChI is InChI=1S/C19H16ClN3O3S/c20-13-8-12(9-16-18(13)26-7-3-6-25-16)10-17(24)23-19-22-15(11-27-19)14-4-1-2-5-21-14/h1-2,4-5,8-9,11H,3,6-7,10H2,(H,22,23,24). The number of hydrogen-bond donors (Lipinski definition) is 1. The summed E-state index contributed by atoms with van der Waals surface area (Å²) in [5.74, 6) is 0.940. The molecule has 0 bridgehead atoms. The largest absolute Gasteiger partial charge is 0.489 e. The lowest BCUT2D eigenvalue weighted by molar-refractivity contribution is -0.115. The second-order valence-electron chi connectivity index (χ2n) is 5.93. The van der Waals surface area contributed by atoms with Crippen molar-refractivity contribution in [3.63, 3.8) is 0 Å². The lowest BCUT2D eigenvalue weighted by Gasteiger charge is -2.11. The van der Waals surface area contributed by atoms with Crippen molar-refractivity contribution in [2.45, 2.75) is 12.8 Å². The minimum Gasteiger partial charge on any atom is -0.489 e. The quantitative estimate of drug-likeness (QED) is 0.709. The molecule has 0 saturated carbocycles. The highest BCUT2D eigenvalue weighted by molar-refractivity contribution is 7.14. The van der Waals surface area contributed by atoms with Crippen LogP contribution in [0.2, 0.25) is 5.02 Å². The van der Waals surface area contributed by atoms with Gasteiger partial charge in [-0.25, -0.2) is 4.98 Å². The Hall–Kier alpha value is -2.64. The van der Waals surface area contributed by atoms with Gasteiger partial charge in [-0.15, -0.1) is 11.3 Å². The van der Waals surface area contributed by atoms with Gasteiger partial charge in [0.2, 0.25) is 5.91 Å². The number of anilines is 1. The van der Waals surface area contributed by atoms with Crippen LogP contribution >= 0.6 is 22.9 Å². The first-order valence-corrected chi connectivity index (χ1v) is 9.69. The van der Waals surface area contributed by atoms with Gasteiger partial charge in [0.1, 0.15) is 5.69 Å². The number of ether oxygens (including phenoxy) is 2. The van der Waals surface area contributed by atoms with Crippen LogP contribution in [0.3, 0.4) is 0 Å². The van der Waals surface area contributed by atoms with Crippen molar-refractivity contribution in [1.29, 1.82) is 0 Å². The van der Waals surface area contributed by atoms with Crippen molar-refractivity contribution >= 4 is 34.0 Å². The Morgan fingerprint density at radius 1 is 1.22 bits per heavy atom. The number of pyridine rings is 1. The molecule has 27 heavy (non-hydrogen) atoms. The van der Waals surface area contributed by atoms with Crippen LogP contribution in [0.25, 0.3) is 11.4 Å². The fraction of sp³-hybridized carbons (Fsp3) is 0.211. The van der Waals surface area contributed by atoms with Gasteiger partial charge in [0.15, 0.2) is 16.6 Å². The van der Waals surface area contributed by atoms with E-state index in [4.69, 9.17) is 21.1 Å². The van der Waals surface area contributed by atoms with E-state index in [1.807, 2.05) is 23.6 Å². The van der Waals surface area contributed by atoms with E-state index in [1.165, 1.54) is 11.3 Å². The van der Waals surface area contributed by atoms with Crippen molar-refractivity contribution < 1.29 is 14.3 Å². The van der Waals surface area contributed by atoms with Crippen LogP contribution in [0.1, 0.15) is 12.0 Å².